The topological polar surface area (TPSA) is 306 Å². The van der Waals surface area contributed by atoms with Gasteiger partial charge in [0.1, 0.15) is 13.5 Å². The molecule has 0 radical (unpaired) electrons. The molecule has 23 nitrogen and oxygen atoms in total. The van der Waals surface area contributed by atoms with Gasteiger partial charge in [0.2, 0.25) is 0 Å². The minimum Gasteiger partial charge on any atom is -0.411 e. The second-order valence-corrected chi connectivity index (χ2v) is 12.3. The largest absolute Gasteiger partial charge is 0.411 e. The molecular formula is C20H60N18O5Si. The number of carbonyl (C=O) groups excluding carboxylic acids is 1. The van der Waals surface area contributed by atoms with E-state index in [4.69, 9.17) is 31.3 Å². The van der Waals surface area contributed by atoms with Crippen molar-refractivity contribution in [2.45, 2.75) is 13.1 Å². The van der Waals surface area contributed by atoms with Gasteiger partial charge in [-0.05, 0) is 13.1 Å². The van der Waals surface area contributed by atoms with Gasteiger partial charge in [-0.1, -0.05) is 10.8 Å². The molecule has 0 aliphatic rings. The molecule has 0 aromatic rings. The van der Waals surface area contributed by atoms with Gasteiger partial charge in [0.05, 0.1) is 13.2 Å². The molecule has 0 aliphatic heterocycles. The summed E-state index contributed by atoms with van der Waals surface area (Å²) < 4.78 is 5.59. The molecule has 0 unspecified atom stereocenters. The summed E-state index contributed by atoms with van der Waals surface area (Å²) in [5.41, 5.74) is 18.7. The van der Waals surface area contributed by atoms with Crippen molar-refractivity contribution < 1.29 is 23.7 Å². The maximum atomic E-state index is 13.2. The lowest BCUT2D eigenvalue weighted by Gasteiger charge is -2.34. The first-order chi connectivity index (χ1) is 21.4. The maximum absolute atomic E-state index is 13.2. The van der Waals surface area contributed by atoms with Gasteiger partial charge < -0.3 is 31.7 Å². The second-order valence-electron chi connectivity index (χ2n) is 9.12. The van der Waals surface area contributed by atoms with Crippen LogP contribution in [0.5, 0.6) is 0 Å². The van der Waals surface area contributed by atoms with E-state index >= 15 is 0 Å². The Hall–Kier alpha value is -1.15. The molecule has 0 spiro atoms. The van der Waals surface area contributed by atoms with Crippen LogP contribution in [0.1, 0.15) is 0 Å². The highest BCUT2D eigenvalue weighted by molar-refractivity contribution is 6.63. The van der Waals surface area contributed by atoms with E-state index in [9.17, 15) is 9.59 Å². The van der Waals surface area contributed by atoms with Crippen molar-refractivity contribution >= 4 is 14.5 Å². The Morgan fingerprint density at radius 2 is 1.14 bits per heavy atom. The van der Waals surface area contributed by atoms with Crippen LogP contribution in [-0.4, -0.2) is 143 Å². The Bertz CT molecular complexity index is 632. The lowest BCUT2D eigenvalue weighted by atomic mass is 10.6. The van der Waals surface area contributed by atoms with Crippen molar-refractivity contribution in [2.75, 3.05) is 113 Å². The number of hydrazine groups is 2. The first-order valence-corrected chi connectivity index (χ1v) is 17.3. The average Bonchev–Trinajstić information content (AvgIpc) is 2.99. The molecule has 24 heteroatoms. The zero-order valence-electron chi connectivity index (χ0n) is 26.2. The van der Waals surface area contributed by atoms with Gasteiger partial charge in [0.25, 0.3) is 5.91 Å². The number of nitrogens with zero attached hydrogens (tertiary/aromatic N) is 2. The number of rotatable bonds is 35. The van der Waals surface area contributed by atoms with Crippen molar-refractivity contribution in [1.29, 1.82) is 0 Å². The van der Waals surface area contributed by atoms with Crippen LogP contribution in [0.25, 0.3) is 0 Å². The van der Waals surface area contributed by atoms with Crippen LogP contribution in [0.15, 0.2) is 0 Å². The lowest BCUT2D eigenvalue weighted by Crippen LogP contribution is -2.59. The third-order valence-corrected chi connectivity index (χ3v) is 5.63. The highest BCUT2D eigenvalue weighted by Crippen LogP contribution is 2.04. The van der Waals surface area contributed by atoms with E-state index in [0.29, 0.717) is 86.6 Å². The minimum atomic E-state index is -2.96. The molecule has 1 amide bonds. The lowest BCUT2D eigenvalue weighted by molar-refractivity contribution is -0.343. The fourth-order valence-electron chi connectivity index (χ4n) is 2.71. The number of amides is 1. The SMILES string of the molecule is C[Si](C)(O)OCN(OCNCNCNCNCN)N(NOCCNCNCNCNCN)C(=O)CNCNCNCNCN. The molecule has 0 saturated heterocycles. The maximum Gasteiger partial charge on any atom is 0.330 e. The molecule has 0 aromatic carbocycles. The number of hydrogen-bond donors (Lipinski definition) is 17. The Morgan fingerprint density at radius 1 is 0.682 bits per heavy atom. The van der Waals surface area contributed by atoms with Gasteiger partial charge in [-0.15, -0.1) is 0 Å². The standard InChI is InChI=1S/C20H60N18O5Si/c1-44(2,40)43-19-37(42-18-35-17-34-16-33-13-28-8-23)38(20(39)5-25-10-30-15-32-12-27-7-22)36-41-4-3-24-9-29-14-31-11-26-6-21/h24-36,40H,3-19,21-23H2,1-2H3. The van der Waals surface area contributed by atoms with E-state index in [2.05, 4.69) is 69.4 Å². The van der Waals surface area contributed by atoms with Gasteiger partial charge in [-0.25, -0.2) is 0 Å². The number of hydrogen-bond acceptors (Lipinski definition) is 22. The molecule has 0 atom stereocenters. The number of nitrogens with one attached hydrogen (secondary N) is 13. The monoisotopic (exact) mass is 660 g/mol. The van der Waals surface area contributed by atoms with Crippen molar-refractivity contribution in [1.82, 2.24) is 79.7 Å². The first kappa shape index (κ1) is 42.8. The van der Waals surface area contributed by atoms with Gasteiger partial charge >= 0.3 is 8.56 Å². The van der Waals surface area contributed by atoms with Crippen LogP contribution in [0.2, 0.25) is 13.1 Å². The van der Waals surface area contributed by atoms with Gasteiger partial charge in [-0.3, -0.25) is 73.0 Å². The van der Waals surface area contributed by atoms with E-state index in [1.165, 1.54) is 0 Å². The third-order valence-electron chi connectivity index (χ3n) is 4.79. The minimum absolute atomic E-state index is 0.00975. The molecular weight excluding hydrogens is 600 g/mol. The summed E-state index contributed by atoms with van der Waals surface area (Å²) in [5.74, 6) is -0.438. The summed E-state index contributed by atoms with van der Waals surface area (Å²) in [6.07, 6.45) is 0. The molecule has 0 saturated carbocycles. The van der Waals surface area contributed by atoms with Crippen molar-refractivity contribution in [3.8, 4) is 0 Å². The summed E-state index contributed by atoms with van der Waals surface area (Å²) in [6, 6.07) is 0. The molecule has 264 valence electrons. The third kappa shape index (κ3) is 29.6. The summed E-state index contributed by atoms with van der Waals surface area (Å²) >= 11 is 0. The predicted octanol–water partition coefficient (Wildman–Crippen LogP) is -8.53. The highest BCUT2D eigenvalue weighted by atomic mass is 28.4. The second kappa shape index (κ2) is 31.8. The number of nitrogens with two attached hydrogens (primary N) is 3. The normalized spacial score (nSPS) is 12.0. The van der Waals surface area contributed by atoms with Crippen molar-refractivity contribution in [3.63, 3.8) is 0 Å². The average molecular weight is 661 g/mol. The van der Waals surface area contributed by atoms with E-state index in [-0.39, 0.29) is 26.6 Å². The molecule has 44 heavy (non-hydrogen) atoms. The van der Waals surface area contributed by atoms with E-state index in [1.54, 1.807) is 13.1 Å². The van der Waals surface area contributed by atoms with Crippen LogP contribution in [-0.2, 0) is 18.9 Å². The van der Waals surface area contributed by atoms with Gasteiger partial charge in [-0.2, -0.15) is 5.12 Å². The Morgan fingerprint density at radius 3 is 1.64 bits per heavy atom. The van der Waals surface area contributed by atoms with E-state index in [1.807, 2.05) is 0 Å². The first-order valence-electron chi connectivity index (χ1n) is 14.4. The number of carbonyl (C=O) groups is 1. The fourth-order valence-corrected chi connectivity index (χ4v) is 3.13. The molecule has 20 N–H and O–H groups in total. The smallest absolute Gasteiger partial charge is 0.330 e. The molecule has 0 rings (SSSR count). The predicted molar refractivity (Wildman–Crippen MR) is 168 cm³/mol. The number of hydroxylamine groups is 1. The van der Waals surface area contributed by atoms with Crippen LogP contribution in [0.3, 0.4) is 0 Å². The Labute approximate surface area is 261 Å². The Balaban J connectivity index is 4.85. The van der Waals surface area contributed by atoms with Crippen LogP contribution in [0, 0.1) is 0 Å². The van der Waals surface area contributed by atoms with E-state index < -0.39 is 14.5 Å². The van der Waals surface area contributed by atoms with Gasteiger partial charge in [0.15, 0.2) is 0 Å². The van der Waals surface area contributed by atoms with Crippen LogP contribution < -0.4 is 86.6 Å². The summed E-state index contributed by atoms with van der Waals surface area (Å²) in [6.45, 7) is 9.37. The zero-order valence-corrected chi connectivity index (χ0v) is 27.2. The van der Waals surface area contributed by atoms with Crippen LogP contribution in [0.4, 0.5) is 0 Å². The molecule has 0 fully saturated rings. The van der Waals surface area contributed by atoms with Crippen LogP contribution >= 0.6 is 0 Å². The zero-order chi connectivity index (χ0) is 32.6. The highest BCUT2D eigenvalue weighted by Gasteiger charge is 2.27. The Kier molecular flexibility index (Phi) is 31.0. The summed E-state index contributed by atoms with van der Waals surface area (Å²) in [4.78, 5) is 34.7. The quantitative estimate of drug-likeness (QED) is 0.0130. The van der Waals surface area contributed by atoms with Crippen molar-refractivity contribution in [3.05, 3.63) is 0 Å². The molecule has 0 aromatic heterocycles. The molecule has 0 bridgehead atoms. The molecule has 0 aliphatic carbocycles. The van der Waals surface area contributed by atoms with Gasteiger partial charge in [0, 0.05) is 86.6 Å². The summed E-state index contributed by atoms with van der Waals surface area (Å²) in [7, 11) is -2.96. The fraction of sp³-hybridized carbons (Fsp3) is 0.950. The van der Waals surface area contributed by atoms with Crippen molar-refractivity contribution in [2.24, 2.45) is 17.2 Å². The molecule has 0 heterocycles. The van der Waals surface area contributed by atoms with E-state index in [0.717, 1.165) is 10.3 Å². The summed E-state index contributed by atoms with van der Waals surface area (Å²) in [5, 5.41) is 38.8.